The average Bonchev–Trinajstić information content (AvgIpc) is 3.15. The summed E-state index contributed by atoms with van der Waals surface area (Å²) in [5, 5.41) is 0. The molecule has 120 valence electrons. The normalized spacial score (nSPS) is 19.0. The van der Waals surface area contributed by atoms with Gasteiger partial charge in [-0.05, 0) is 43.0 Å². The molecule has 6 heteroatoms. The van der Waals surface area contributed by atoms with Gasteiger partial charge in [0.25, 0.3) is 0 Å². The SMILES string of the molecule is CN(C)S(=O)(=O)c1ccc2c(c1)CCN2C(=O)C1CCCC1. The first kappa shape index (κ1) is 15.5. The predicted octanol–water partition coefficient (Wildman–Crippen LogP) is 2.02. The van der Waals surface area contributed by atoms with Gasteiger partial charge in [-0.3, -0.25) is 4.79 Å². The molecule has 1 saturated carbocycles. The lowest BCUT2D eigenvalue weighted by Crippen LogP contribution is -2.33. The molecule has 0 bridgehead atoms. The van der Waals surface area contributed by atoms with Crippen LogP contribution >= 0.6 is 0 Å². The number of anilines is 1. The van der Waals surface area contributed by atoms with Gasteiger partial charge in [0, 0.05) is 32.2 Å². The van der Waals surface area contributed by atoms with Crippen LogP contribution in [0.25, 0.3) is 0 Å². The maximum Gasteiger partial charge on any atom is 0.242 e. The molecule has 1 aliphatic heterocycles. The summed E-state index contributed by atoms with van der Waals surface area (Å²) in [6.45, 7) is 0.663. The van der Waals surface area contributed by atoms with E-state index in [0.717, 1.165) is 43.4 Å². The summed E-state index contributed by atoms with van der Waals surface area (Å²) in [5.41, 5.74) is 1.84. The van der Waals surface area contributed by atoms with E-state index in [2.05, 4.69) is 0 Å². The molecule has 2 aliphatic rings. The van der Waals surface area contributed by atoms with Crippen molar-refractivity contribution in [2.45, 2.75) is 37.0 Å². The Morgan fingerprint density at radius 3 is 2.55 bits per heavy atom. The van der Waals surface area contributed by atoms with Crippen molar-refractivity contribution in [2.24, 2.45) is 5.92 Å². The summed E-state index contributed by atoms with van der Waals surface area (Å²) < 4.78 is 25.6. The maximum absolute atomic E-state index is 12.6. The third-order valence-electron chi connectivity index (χ3n) is 4.70. The quantitative estimate of drug-likeness (QED) is 0.855. The molecular weight excluding hydrogens is 300 g/mol. The van der Waals surface area contributed by atoms with Crippen molar-refractivity contribution in [2.75, 3.05) is 25.5 Å². The standard InChI is InChI=1S/C16H22N2O3S/c1-17(2)22(20,21)14-7-8-15-13(11-14)9-10-18(15)16(19)12-5-3-4-6-12/h7-8,11-12H,3-6,9-10H2,1-2H3. The van der Waals surface area contributed by atoms with Gasteiger partial charge in [0.15, 0.2) is 0 Å². The number of benzene rings is 1. The van der Waals surface area contributed by atoms with Crippen LogP contribution in [0, 0.1) is 5.92 Å². The van der Waals surface area contributed by atoms with Crippen LogP contribution in [0.4, 0.5) is 5.69 Å². The van der Waals surface area contributed by atoms with Crippen molar-refractivity contribution in [3.05, 3.63) is 23.8 Å². The number of fused-ring (bicyclic) bond motifs is 1. The Bertz CT molecular complexity index is 691. The number of nitrogens with zero attached hydrogens (tertiary/aromatic N) is 2. The molecule has 1 amide bonds. The highest BCUT2D eigenvalue weighted by atomic mass is 32.2. The van der Waals surface area contributed by atoms with E-state index in [0.29, 0.717) is 11.4 Å². The minimum Gasteiger partial charge on any atom is -0.312 e. The largest absolute Gasteiger partial charge is 0.312 e. The van der Waals surface area contributed by atoms with Gasteiger partial charge in [0.2, 0.25) is 15.9 Å². The minimum absolute atomic E-state index is 0.149. The molecule has 0 N–H and O–H groups in total. The summed E-state index contributed by atoms with van der Waals surface area (Å²) >= 11 is 0. The van der Waals surface area contributed by atoms with Crippen molar-refractivity contribution in [3.8, 4) is 0 Å². The van der Waals surface area contributed by atoms with Crippen molar-refractivity contribution in [1.29, 1.82) is 0 Å². The van der Waals surface area contributed by atoms with E-state index in [1.807, 2.05) is 4.90 Å². The molecule has 0 aromatic heterocycles. The summed E-state index contributed by atoms with van der Waals surface area (Å²) in [6, 6.07) is 5.10. The highest BCUT2D eigenvalue weighted by molar-refractivity contribution is 7.89. The molecule has 5 nitrogen and oxygen atoms in total. The number of rotatable bonds is 3. The van der Waals surface area contributed by atoms with E-state index in [-0.39, 0.29) is 11.8 Å². The fraction of sp³-hybridized carbons (Fsp3) is 0.562. The smallest absolute Gasteiger partial charge is 0.242 e. The maximum atomic E-state index is 12.6. The molecule has 1 aromatic carbocycles. The summed E-state index contributed by atoms with van der Waals surface area (Å²) in [5.74, 6) is 0.357. The van der Waals surface area contributed by atoms with Crippen LogP contribution in [-0.4, -0.2) is 39.3 Å². The summed E-state index contributed by atoms with van der Waals surface area (Å²) in [6.07, 6.45) is 4.97. The molecule has 22 heavy (non-hydrogen) atoms. The number of hydrogen-bond acceptors (Lipinski definition) is 3. The fourth-order valence-electron chi connectivity index (χ4n) is 3.37. The lowest BCUT2D eigenvalue weighted by molar-refractivity contribution is -0.122. The van der Waals surface area contributed by atoms with Gasteiger partial charge in [0.1, 0.15) is 0 Å². The number of carbonyl (C=O) groups is 1. The first-order chi connectivity index (χ1) is 10.4. The van der Waals surface area contributed by atoms with Crippen LogP contribution in [0.2, 0.25) is 0 Å². The van der Waals surface area contributed by atoms with Gasteiger partial charge in [-0.25, -0.2) is 12.7 Å². The van der Waals surface area contributed by atoms with E-state index in [4.69, 9.17) is 0 Å². The summed E-state index contributed by atoms with van der Waals surface area (Å²) in [7, 11) is -0.369. The Labute approximate surface area is 132 Å². The zero-order chi connectivity index (χ0) is 15.9. The van der Waals surface area contributed by atoms with Crippen LogP contribution in [0.3, 0.4) is 0 Å². The Kier molecular flexibility index (Phi) is 3.99. The Morgan fingerprint density at radius 1 is 1.23 bits per heavy atom. The average molecular weight is 322 g/mol. The Hall–Kier alpha value is -1.40. The minimum atomic E-state index is -3.42. The number of amides is 1. The number of hydrogen-bond donors (Lipinski definition) is 0. The van der Waals surface area contributed by atoms with E-state index in [9.17, 15) is 13.2 Å². The molecule has 1 fully saturated rings. The highest BCUT2D eigenvalue weighted by Gasteiger charge is 2.32. The van der Waals surface area contributed by atoms with Gasteiger partial charge >= 0.3 is 0 Å². The predicted molar refractivity (Wildman–Crippen MR) is 85.3 cm³/mol. The van der Waals surface area contributed by atoms with Gasteiger partial charge in [-0.15, -0.1) is 0 Å². The fourth-order valence-corrected chi connectivity index (χ4v) is 4.32. The van der Waals surface area contributed by atoms with Gasteiger partial charge in [-0.2, -0.15) is 0 Å². The first-order valence-electron chi connectivity index (χ1n) is 7.78. The van der Waals surface area contributed by atoms with E-state index in [1.54, 1.807) is 18.2 Å². The number of sulfonamides is 1. The van der Waals surface area contributed by atoms with Gasteiger partial charge in [0.05, 0.1) is 4.90 Å². The van der Waals surface area contributed by atoms with Crippen LogP contribution in [-0.2, 0) is 21.2 Å². The third kappa shape index (κ3) is 2.54. The van der Waals surface area contributed by atoms with Crippen LogP contribution in [0.1, 0.15) is 31.2 Å². The van der Waals surface area contributed by atoms with Crippen molar-refractivity contribution in [3.63, 3.8) is 0 Å². The third-order valence-corrected chi connectivity index (χ3v) is 6.51. The lowest BCUT2D eigenvalue weighted by atomic mass is 10.1. The van der Waals surface area contributed by atoms with E-state index >= 15 is 0 Å². The van der Waals surface area contributed by atoms with Gasteiger partial charge < -0.3 is 4.90 Å². The second-order valence-corrected chi connectivity index (χ2v) is 8.45. The van der Waals surface area contributed by atoms with Gasteiger partial charge in [-0.1, -0.05) is 12.8 Å². The summed E-state index contributed by atoms with van der Waals surface area (Å²) in [4.78, 5) is 14.7. The molecule has 0 spiro atoms. The highest BCUT2D eigenvalue weighted by Crippen LogP contribution is 2.34. The molecule has 1 aromatic rings. The Balaban J connectivity index is 1.88. The molecule has 0 radical (unpaired) electrons. The van der Waals surface area contributed by atoms with Crippen molar-refractivity contribution >= 4 is 21.6 Å². The molecule has 0 saturated heterocycles. The zero-order valence-corrected chi connectivity index (χ0v) is 13.9. The molecule has 3 rings (SSSR count). The molecule has 1 heterocycles. The monoisotopic (exact) mass is 322 g/mol. The number of carbonyl (C=O) groups excluding carboxylic acids is 1. The second kappa shape index (κ2) is 5.66. The van der Waals surface area contributed by atoms with E-state index in [1.165, 1.54) is 18.4 Å². The topological polar surface area (TPSA) is 57.7 Å². The van der Waals surface area contributed by atoms with Crippen LogP contribution < -0.4 is 4.90 Å². The molecule has 0 atom stereocenters. The molecule has 1 aliphatic carbocycles. The molecule has 0 unspecified atom stereocenters. The lowest BCUT2D eigenvalue weighted by Gasteiger charge is -2.21. The Morgan fingerprint density at radius 2 is 1.91 bits per heavy atom. The first-order valence-corrected chi connectivity index (χ1v) is 9.22. The van der Waals surface area contributed by atoms with Crippen LogP contribution in [0.15, 0.2) is 23.1 Å². The van der Waals surface area contributed by atoms with E-state index < -0.39 is 10.0 Å². The van der Waals surface area contributed by atoms with Crippen molar-refractivity contribution in [1.82, 2.24) is 4.31 Å². The second-order valence-electron chi connectivity index (χ2n) is 6.30. The van der Waals surface area contributed by atoms with Crippen molar-refractivity contribution < 1.29 is 13.2 Å². The molecular formula is C16H22N2O3S. The zero-order valence-electron chi connectivity index (χ0n) is 13.1. The van der Waals surface area contributed by atoms with Crippen LogP contribution in [0.5, 0.6) is 0 Å².